The third-order valence-corrected chi connectivity index (χ3v) is 4.57. The summed E-state index contributed by atoms with van der Waals surface area (Å²) < 4.78 is 7.32. The minimum atomic E-state index is -0.890. The van der Waals surface area contributed by atoms with Crippen LogP contribution in [0.3, 0.4) is 0 Å². The van der Waals surface area contributed by atoms with Crippen molar-refractivity contribution in [2.75, 3.05) is 6.61 Å². The Kier molecular flexibility index (Phi) is 4.46. The first kappa shape index (κ1) is 16.1. The zero-order valence-corrected chi connectivity index (χ0v) is 13.0. The summed E-state index contributed by atoms with van der Waals surface area (Å²) in [5.74, 6) is -0.140. The largest absolute Gasteiger partial charge is 0.393 e. The summed E-state index contributed by atoms with van der Waals surface area (Å²) in [6, 6.07) is 0. The number of aliphatic hydroxyl groups excluding tert-OH is 1. The van der Waals surface area contributed by atoms with Crippen LogP contribution in [0, 0.1) is 12.8 Å². The highest BCUT2D eigenvalue weighted by Gasteiger charge is 2.50. The molecular weight excluding hydrogens is 292 g/mol. The fourth-order valence-electron chi connectivity index (χ4n) is 2.77. The molecule has 1 saturated heterocycles. The number of thiol groups is 1. The lowest BCUT2D eigenvalue weighted by atomic mass is 9.85. The number of aromatic nitrogens is 2. The van der Waals surface area contributed by atoms with E-state index in [4.69, 9.17) is 4.74 Å². The van der Waals surface area contributed by atoms with Gasteiger partial charge in [-0.15, -0.1) is 6.58 Å². The van der Waals surface area contributed by atoms with Gasteiger partial charge in [0, 0.05) is 29.3 Å². The molecule has 0 aliphatic carbocycles. The fraction of sp³-hybridized carbons (Fsp3) is 0.571. The molecule has 1 fully saturated rings. The van der Waals surface area contributed by atoms with Crippen LogP contribution in [0.1, 0.15) is 25.1 Å². The van der Waals surface area contributed by atoms with Crippen molar-refractivity contribution in [3.05, 3.63) is 45.3 Å². The number of hydrogen-bond donors (Lipinski definition) is 3. The number of rotatable bonds is 4. The summed E-state index contributed by atoms with van der Waals surface area (Å²) in [5, 5.41) is 9.51. The van der Waals surface area contributed by atoms with Gasteiger partial charge in [-0.2, -0.15) is 12.6 Å². The molecule has 0 bridgehead atoms. The third-order valence-electron chi connectivity index (χ3n) is 4.13. The monoisotopic (exact) mass is 312 g/mol. The Labute approximate surface area is 127 Å². The maximum Gasteiger partial charge on any atom is 0.330 e. The SMILES string of the molecule is C=CC1CC(n2cc(C)c(=O)[nH]c2=O)OC1(CO)C(C)S. The number of aliphatic hydroxyl groups is 1. The van der Waals surface area contributed by atoms with Gasteiger partial charge in [0.25, 0.3) is 5.56 Å². The van der Waals surface area contributed by atoms with Gasteiger partial charge in [-0.1, -0.05) is 13.0 Å². The predicted molar refractivity (Wildman–Crippen MR) is 82.8 cm³/mol. The van der Waals surface area contributed by atoms with E-state index in [1.165, 1.54) is 10.8 Å². The van der Waals surface area contributed by atoms with Crippen molar-refractivity contribution in [1.29, 1.82) is 0 Å². The quantitative estimate of drug-likeness (QED) is 0.562. The normalized spacial score (nSPS) is 30.3. The van der Waals surface area contributed by atoms with Crippen LogP contribution in [0.4, 0.5) is 0 Å². The predicted octanol–water partition coefficient (Wildman–Crippen LogP) is 0.616. The molecule has 1 aromatic rings. The average Bonchev–Trinajstić information content (AvgIpc) is 2.82. The number of H-pyrrole nitrogens is 1. The van der Waals surface area contributed by atoms with Crippen LogP contribution in [0.2, 0.25) is 0 Å². The van der Waals surface area contributed by atoms with Gasteiger partial charge in [0.05, 0.1) is 6.61 Å². The van der Waals surface area contributed by atoms with Crippen LogP contribution < -0.4 is 11.2 Å². The van der Waals surface area contributed by atoms with E-state index >= 15 is 0 Å². The van der Waals surface area contributed by atoms with E-state index in [2.05, 4.69) is 24.2 Å². The van der Waals surface area contributed by atoms with Crippen molar-refractivity contribution in [1.82, 2.24) is 9.55 Å². The van der Waals surface area contributed by atoms with Crippen LogP contribution in [0.25, 0.3) is 0 Å². The summed E-state index contributed by atoms with van der Waals surface area (Å²) in [5.41, 5.74) is -1.41. The Morgan fingerprint density at radius 3 is 2.86 bits per heavy atom. The van der Waals surface area contributed by atoms with Gasteiger partial charge in [-0.25, -0.2) is 4.79 Å². The number of ether oxygens (including phenoxy) is 1. The molecule has 4 unspecified atom stereocenters. The van der Waals surface area contributed by atoms with Gasteiger partial charge in [0.15, 0.2) is 0 Å². The smallest absolute Gasteiger partial charge is 0.330 e. The van der Waals surface area contributed by atoms with Crippen LogP contribution in [-0.4, -0.2) is 32.1 Å². The van der Waals surface area contributed by atoms with Crippen molar-refractivity contribution in [2.24, 2.45) is 5.92 Å². The molecule has 21 heavy (non-hydrogen) atoms. The van der Waals surface area contributed by atoms with Crippen molar-refractivity contribution in [2.45, 2.75) is 37.3 Å². The van der Waals surface area contributed by atoms with Crippen LogP contribution in [0.15, 0.2) is 28.4 Å². The molecule has 0 spiro atoms. The molecule has 0 amide bonds. The van der Waals surface area contributed by atoms with Crippen LogP contribution in [0.5, 0.6) is 0 Å². The molecule has 0 radical (unpaired) electrons. The Balaban J connectivity index is 2.45. The zero-order valence-electron chi connectivity index (χ0n) is 12.1. The molecule has 1 aliphatic heterocycles. The molecule has 1 aliphatic rings. The van der Waals surface area contributed by atoms with Crippen LogP contribution >= 0.6 is 12.6 Å². The first-order valence-corrected chi connectivity index (χ1v) is 7.28. The molecule has 6 nitrogen and oxygen atoms in total. The number of aryl methyl sites for hydroxylation is 1. The topological polar surface area (TPSA) is 84.3 Å². The lowest BCUT2D eigenvalue weighted by Crippen LogP contribution is -2.46. The van der Waals surface area contributed by atoms with E-state index < -0.39 is 23.1 Å². The molecule has 0 aromatic carbocycles. The van der Waals surface area contributed by atoms with Crippen molar-refractivity contribution >= 4 is 12.6 Å². The molecule has 4 atom stereocenters. The van der Waals surface area contributed by atoms with Gasteiger partial charge < -0.3 is 9.84 Å². The van der Waals surface area contributed by atoms with Gasteiger partial charge in [0.1, 0.15) is 11.8 Å². The number of nitrogens with zero attached hydrogens (tertiary/aromatic N) is 1. The second-order valence-corrected chi connectivity index (χ2v) is 6.19. The molecule has 7 heteroatoms. The number of aromatic amines is 1. The molecule has 2 heterocycles. The Hall–Kier alpha value is -1.31. The van der Waals surface area contributed by atoms with E-state index in [0.717, 1.165) is 0 Å². The maximum atomic E-state index is 12.0. The molecule has 0 saturated carbocycles. The highest BCUT2D eigenvalue weighted by Crippen LogP contribution is 2.44. The van der Waals surface area contributed by atoms with E-state index in [1.54, 1.807) is 13.0 Å². The highest BCUT2D eigenvalue weighted by atomic mass is 32.1. The van der Waals surface area contributed by atoms with E-state index in [9.17, 15) is 14.7 Å². The van der Waals surface area contributed by atoms with E-state index in [1.807, 2.05) is 6.92 Å². The van der Waals surface area contributed by atoms with Crippen molar-refractivity contribution in [3.63, 3.8) is 0 Å². The summed E-state index contributed by atoms with van der Waals surface area (Å²) in [6.07, 6.45) is 3.10. The second kappa shape index (κ2) is 5.82. The Bertz CT molecular complexity index is 651. The van der Waals surface area contributed by atoms with E-state index in [0.29, 0.717) is 12.0 Å². The van der Waals surface area contributed by atoms with Crippen LogP contribution in [-0.2, 0) is 4.74 Å². The average molecular weight is 312 g/mol. The van der Waals surface area contributed by atoms with Gasteiger partial charge in [-0.3, -0.25) is 14.3 Å². The van der Waals surface area contributed by atoms with Crippen molar-refractivity contribution < 1.29 is 9.84 Å². The molecule has 2 N–H and O–H groups in total. The molecular formula is C14H20N2O4S. The summed E-state index contributed by atoms with van der Waals surface area (Å²) in [7, 11) is 0. The second-order valence-electron chi connectivity index (χ2n) is 5.42. The maximum absolute atomic E-state index is 12.0. The fourth-order valence-corrected chi connectivity index (χ4v) is 3.10. The number of nitrogens with one attached hydrogen (secondary N) is 1. The Morgan fingerprint density at radius 1 is 1.71 bits per heavy atom. The molecule has 2 rings (SSSR count). The van der Waals surface area contributed by atoms with E-state index in [-0.39, 0.29) is 17.8 Å². The zero-order chi connectivity index (χ0) is 15.8. The number of hydrogen-bond acceptors (Lipinski definition) is 5. The summed E-state index contributed by atoms with van der Waals surface area (Å²) in [4.78, 5) is 25.7. The summed E-state index contributed by atoms with van der Waals surface area (Å²) in [6.45, 7) is 7.01. The Morgan fingerprint density at radius 2 is 2.38 bits per heavy atom. The first-order chi connectivity index (χ1) is 9.85. The standard InChI is InChI=1S/C14H20N2O4S/c1-4-10-5-11(20-14(10,7-17)9(3)21)16-6-8(2)12(18)15-13(16)19/h4,6,9-11,17,21H,1,5,7H2,2-3H3,(H,15,18,19). The van der Waals surface area contributed by atoms with Crippen molar-refractivity contribution in [3.8, 4) is 0 Å². The molecule has 116 valence electrons. The van der Waals surface area contributed by atoms with Gasteiger partial charge in [0.2, 0.25) is 0 Å². The summed E-state index contributed by atoms with van der Waals surface area (Å²) >= 11 is 4.41. The third kappa shape index (κ3) is 2.61. The highest BCUT2D eigenvalue weighted by molar-refractivity contribution is 7.81. The molecule has 1 aromatic heterocycles. The lowest BCUT2D eigenvalue weighted by molar-refractivity contribution is -0.106. The van der Waals surface area contributed by atoms with Gasteiger partial charge >= 0.3 is 5.69 Å². The minimum absolute atomic E-state index is 0.140. The van der Waals surface area contributed by atoms with Gasteiger partial charge in [-0.05, 0) is 6.92 Å². The lowest BCUT2D eigenvalue weighted by Gasteiger charge is -2.34. The first-order valence-electron chi connectivity index (χ1n) is 6.77. The minimum Gasteiger partial charge on any atom is -0.393 e.